The van der Waals surface area contributed by atoms with Crippen molar-refractivity contribution in [3.63, 3.8) is 0 Å². The van der Waals surface area contributed by atoms with Crippen molar-refractivity contribution < 1.29 is 13.2 Å². The van der Waals surface area contributed by atoms with Crippen LogP contribution in [-0.4, -0.2) is 20.9 Å². The van der Waals surface area contributed by atoms with E-state index in [0.29, 0.717) is 5.69 Å². The number of carbonyl (C=O) groups excluding carboxylic acids is 1. The van der Waals surface area contributed by atoms with Crippen LogP contribution < -0.4 is 10.0 Å². The molecule has 0 bridgehead atoms. The van der Waals surface area contributed by atoms with Crippen molar-refractivity contribution >= 4 is 53.5 Å². The largest absolute Gasteiger partial charge is 0.326 e. The lowest BCUT2D eigenvalue weighted by atomic mass is 10.3. The maximum Gasteiger partial charge on any atom is 0.240 e. The van der Waals surface area contributed by atoms with Gasteiger partial charge < -0.3 is 5.32 Å². The lowest BCUT2D eigenvalue weighted by molar-refractivity contribution is -0.116. The molecule has 0 aliphatic carbocycles. The third-order valence-electron chi connectivity index (χ3n) is 2.88. The number of anilines is 1. The molecule has 0 radical (unpaired) electrons. The second-order valence-corrected chi connectivity index (χ2v) is 8.26. The fraction of sp³-hybridized carbons (Fsp3) is 0.133. The van der Waals surface area contributed by atoms with Crippen LogP contribution in [0.25, 0.3) is 0 Å². The lowest BCUT2D eigenvalue weighted by Gasteiger charge is -2.08. The van der Waals surface area contributed by atoms with Crippen LogP contribution in [0.1, 0.15) is 6.42 Å². The van der Waals surface area contributed by atoms with Crippen LogP contribution in [0.5, 0.6) is 0 Å². The van der Waals surface area contributed by atoms with Crippen LogP contribution in [0.3, 0.4) is 0 Å². The fourth-order valence-corrected chi connectivity index (χ4v) is 3.48. The highest BCUT2D eigenvalue weighted by Crippen LogP contribution is 2.16. The summed E-state index contributed by atoms with van der Waals surface area (Å²) in [5.41, 5.74) is 0.653. The molecule has 0 saturated heterocycles. The maximum absolute atomic E-state index is 12.1. The fourth-order valence-electron chi connectivity index (χ4n) is 1.79. The quantitative estimate of drug-likeness (QED) is 0.690. The monoisotopic (exact) mass is 460 g/mol. The molecule has 2 aromatic carbocycles. The molecule has 0 heterocycles. The molecular formula is C15H14Br2N2O3S. The second-order valence-electron chi connectivity index (χ2n) is 4.66. The zero-order valence-corrected chi connectivity index (χ0v) is 15.9. The first kappa shape index (κ1) is 18.1. The summed E-state index contributed by atoms with van der Waals surface area (Å²) in [6.07, 6.45) is 0.0439. The molecule has 5 nitrogen and oxygen atoms in total. The van der Waals surface area contributed by atoms with E-state index in [1.165, 1.54) is 12.1 Å². The first-order chi connectivity index (χ1) is 10.9. The highest BCUT2D eigenvalue weighted by Gasteiger charge is 2.14. The molecule has 0 aromatic heterocycles. The van der Waals surface area contributed by atoms with Gasteiger partial charge in [0.15, 0.2) is 0 Å². The Morgan fingerprint density at radius 1 is 1.00 bits per heavy atom. The Hall–Kier alpha value is -1.22. The lowest BCUT2D eigenvalue weighted by Crippen LogP contribution is -2.27. The van der Waals surface area contributed by atoms with E-state index in [4.69, 9.17) is 0 Å². The summed E-state index contributed by atoms with van der Waals surface area (Å²) in [5.74, 6) is -0.262. The minimum absolute atomic E-state index is 0.0260. The number of hydrogen-bond acceptors (Lipinski definition) is 3. The third-order valence-corrected chi connectivity index (χ3v) is 5.38. The van der Waals surface area contributed by atoms with Gasteiger partial charge in [-0.05, 0) is 42.5 Å². The van der Waals surface area contributed by atoms with E-state index < -0.39 is 10.0 Å². The number of benzene rings is 2. The number of amides is 1. The van der Waals surface area contributed by atoms with Crippen LogP contribution in [0.2, 0.25) is 0 Å². The first-order valence-electron chi connectivity index (χ1n) is 6.67. The number of rotatable bonds is 6. The predicted octanol–water partition coefficient (Wildman–Crippen LogP) is 3.52. The highest BCUT2D eigenvalue weighted by atomic mass is 79.9. The summed E-state index contributed by atoms with van der Waals surface area (Å²) in [5, 5.41) is 2.71. The molecular weight excluding hydrogens is 448 g/mol. The van der Waals surface area contributed by atoms with Crippen LogP contribution in [0, 0.1) is 0 Å². The van der Waals surface area contributed by atoms with Crippen LogP contribution >= 0.6 is 31.9 Å². The second kappa shape index (κ2) is 8.05. The van der Waals surface area contributed by atoms with Crippen molar-refractivity contribution in [2.24, 2.45) is 0 Å². The predicted molar refractivity (Wildman–Crippen MR) is 96.7 cm³/mol. The van der Waals surface area contributed by atoms with E-state index in [2.05, 4.69) is 41.9 Å². The van der Waals surface area contributed by atoms with Gasteiger partial charge in [-0.3, -0.25) is 4.79 Å². The summed E-state index contributed by atoms with van der Waals surface area (Å²) >= 11 is 6.56. The Morgan fingerprint density at radius 3 is 2.35 bits per heavy atom. The molecule has 0 aliphatic heterocycles. The Labute approximate surface area is 151 Å². The first-order valence-corrected chi connectivity index (χ1v) is 9.74. The zero-order valence-electron chi connectivity index (χ0n) is 11.9. The van der Waals surface area contributed by atoms with Gasteiger partial charge in [0.25, 0.3) is 0 Å². The van der Waals surface area contributed by atoms with Gasteiger partial charge in [0, 0.05) is 27.6 Å². The maximum atomic E-state index is 12.1. The molecule has 8 heteroatoms. The summed E-state index contributed by atoms with van der Waals surface area (Å²) in [4.78, 5) is 12.0. The number of hydrogen-bond donors (Lipinski definition) is 2. The van der Waals surface area contributed by atoms with Crippen LogP contribution in [0.4, 0.5) is 5.69 Å². The minimum atomic E-state index is -3.61. The van der Waals surface area contributed by atoms with Crippen molar-refractivity contribution in [2.75, 3.05) is 11.9 Å². The van der Waals surface area contributed by atoms with Crippen LogP contribution in [0.15, 0.2) is 62.4 Å². The van der Waals surface area contributed by atoms with E-state index in [9.17, 15) is 13.2 Å². The highest BCUT2D eigenvalue weighted by molar-refractivity contribution is 9.10. The number of sulfonamides is 1. The smallest absolute Gasteiger partial charge is 0.240 e. The molecule has 0 aliphatic rings. The van der Waals surface area contributed by atoms with Gasteiger partial charge in [0.1, 0.15) is 0 Å². The van der Waals surface area contributed by atoms with Crippen molar-refractivity contribution in [3.8, 4) is 0 Å². The molecule has 0 atom stereocenters. The Kier molecular flexibility index (Phi) is 6.34. The van der Waals surface area contributed by atoms with Gasteiger partial charge in [0.2, 0.25) is 15.9 Å². The molecule has 122 valence electrons. The molecule has 0 fully saturated rings. The summed E-state index contributed by atoms with van der Waals surface area (Å²) in [6, 6.07) is 13.5. The molecule has 2 aromatic rings. The molecule has 23 heavy (non-hydrogen) atoms. The van der Waals surface area contributed by atoms with E-state index in [1.807, 2.05) is 6.07 Å². The van der Waals surface area contributed by atoms with Gasteiger partial charge in [-0.2, -0.15) is 0 Å². The van der Waals surface area contributed by atoms with Gasteiger partial charge >= 0.3 is 0 Å². The summed E-state index contributed by atoms with van der Waals surface area (Å²) in [6.45, 7) is 0.0260. The third kappa shape index (κ3) is 5.72. The van der Waals surface area contributed by atoms with Gasteiger partial charge in [-0.25, -0.2) is 13.1 Å². The van der Waals surface area contributed by atoms with E-state index >= 15 is 0 Å². The SMILES string of the molecule is O=C(CCNS(=O)(=O)c1ccc(Br)cc1)Nc1cccc(Br)c1. The Balaban J connectivity index is 1.86. The zero-order chi connectivity index (χ0) is 16.9. The minimum Gasteiger partial charge on any atom is -0.326 e. The molecule has 2 rings (SSSR count). The molecule has 0 unspecified atom stereocenters. The van der Waals surface area contributed by atoms with E-state index in [-0.39, 0.29) is 23.8 Å². The number of nitrogens with one attached hydrogen (secondary N) is 2. The van der Waals surface area contributed by atoms with Crippen molar-refractivity contribution in [1.29, 1.82) is 0 Å². The Bertz CT molecular complexity index is 793. The van der Waals surface area contributed by atoms with Gasteiger partial charge in [-0.1, -0.05) is 37.9 Å². The van der Waals surface area contributed by atoms with Gasteiger partial charge in [0.05, 0.1) is 4.90 Å². The molecule has 2 N–H and O–H groups in total. The summed E-state index contributed by atoms with van der Waals surface area (Å²) in [7, 11) is -3.61. The van der Waals surface area contributed by atoms with Crippen LogP contribution in [-0.2, 0) is 14.8 Å². The molecule has 1 amide bonds. The molecule has 0 spiro atoms. The van der Waals surface area contributed by atoms with E-state index in [1.54, 1.807) is 30.3 Å². The van der Waals surface area contributed by atoms with E-state index in [0.717, 1.165) is 8.95 Å². The average Bonchev–Trinajstić information content (AvgIpc) is 2.47. The van der Waals surface area contributed by atoms with Gasteiger partial charge in [-0.15, -0.1) is 0 Å². The average molecular weight is 462 g/mol. The van der Waals surface area contributed by atoms with Crippen molar-refractivity contribution in [3.05, 3.63) is 57.5 Å². The van der Waals surface area contributed by atoms with Crippen molar-refractivity contribution in [1.82, 2.24) is 4.72 Å². The standard InChI is InChI=1S/C15H14Br2N2O3S/c16-11-4-6-14(7-5-11)23(21,22)18-9-8-15(20)19-13-3-1-2-12(17)10-13/h1-7,10,18H,8-9H2,(H,19,20). The number of carbonyl (C=O) groups is 1. The van der Waals surface area contributed by atoms with Crippen molar-refractivity contribution in [2.45, 2.75) is 11.3 Å². The Morgan fingerprint density at radius 2 is 1.70 bits per heavy atom. The summed E-state index contributed by atoms with van der Waals surface area (Å²) < 4.78 is 28.2. The molecule has 0 saturated carbocycles. The number of halogens is 2. The topological polar surface area (TPSA) is 75.3 Å². The normalized spacial score (nSPS) is 11.2.